The molecule has 230 valence electrons. The molecule has 1 heterocycles. The Morgan fingerprint density at radius 3 is 2.28 bits per heavy atom. The van der Waals surface area contributed by atoms with Crippen molar-refractivity contribution in [1.29, 1.82) is 0 Å². The Hall–Kier alpha value is -0.360. The molecule has 0 radical (unpaired) electrons. The number of unbranched alkanes of at least 4 members (excludes halogenated alkanes) is 12. The van der Waals surface area contributed by atoms with Crippen LogP contribution in [0.5, 0.6) is 0 Å². The highest BCUT2D eigenvalue weighted by Gasteiger charge is 2.54. The second-order valence-electron chi connectivity index (χ2n) is 12.3. The van der Waals surface area contributed by atoms with Crippen molar-refractivity contribution in [3.05, 3.63) is 0 Å². The summed E-state index contributed by atoms with van der Waals surface area (Å²) in [6, 6.07) is 0. The molecule has 0 aromatic carbocycles. The highest BCUT2D eigenvalue weighted by Crippen LogP contribution is 2.51. The number of alkyl halides is 1. The SMILES string of the molecule is CCCCCCCCCCOC(=O)CCCCCC[C@@H]1[C@@H](CC[C@@H](O)CCCCC)CCC12OCC(CCl)O2. The third kappa shape index (κ3) is 13.9. The zero-order chi connectivity index (χ0) is 28.2. The van der Waals surface area contributed by atoms with Gasteiger partial charge in [-0.15, -0.1) is 11.6 Å². The number of rotatable bonds is 24. The van der Waals surface area contributed by atoms with Gasteiger partial charge in [0.05, 0.1) is 31.3 Å². The fraction of sp³-hybridized carbons (Fsp3) is 0.970. The van der Waals surface area contributed by atoms with Gasteiger partial charge in [-0.2, -0.15) is 0 Å². The van der Waals surface area contributed by atoms with Crippen LogP contribution in [-0.4, -0.2) is 48.2 Å². The normalized spacial score (nSPS) is 25.5. The quantitative estimate of drug-likeness (QED) is 0.0709. The maximum Gasteiger partial charge on any atom is 0.305 e. The number of aliphatic hydroxyl groups is 1. The second-order valence-corrected chi connectivity index (χ2v) is 12.6. The van der Waals surface area contributed by atoms with Crippen molar-refractivity contribution in [2.75, 3.05) is 19.1 Å². The Bertz CT molecular complexity index is 617. The van der Waals surface area contributed by atoms with Crippen molar-refractivity contribution < 1.29 is 24.1 Å². The molecular formula is C33H61ClO5. The van der Waals surface area contributed by atoms with Crippen LogP contribution in [0.4, 0.5) is 0 Å². The van der Waals surface area contributed by atoms with Crippen LogP contribution in [-0.2, 0) is 19.0 Å². The molecule has 1 N–H and O–H groups in total. The van der Waals surface area contributed by atoms with E-state index in [0.717, 1.165) is 77.0 Å². The van der Waals surface area contributed by atoms with Gasteiger partial charge >= 0.3 is 5.97 Å². The number of carbonyl (C=O) groups is 1. The van der Waals surface area contributed by atoms with E-state index < -0.39 is 5.79 Å². The summed E-state index contributed by atoms with van der Waals surface area (Å²) < 4.78 is 18.1. The van der Waals surface area contributed by atoms with E-state index in [1.807, 2.05) is 0 Å². The monoisotopic (exact) mass is 572 g/mol. The molecule has 6 heteroatoms. The van der Waals surface area contributed by atoms with Crippen molar-refractivity contribution in [2.24, 2.45) is 11.8 Å². The number of hydrogen-bond donors (Lipinski definition) is 1. The molecule has 2 aliphatic rings. The van der Waals surface area contributed by atoms with Crippen molar-refractivity contribution in [1.82, 2.24) is 0 Å². The Labute approximate surface area is 245 Å². The number of aliphatic hydroxyl groups excluding tert-OH is 1. The third-order valence-corrected chi connectivity index (χ3v) is 9.31. The van der Waals surface area contributed by atoms with Crippen LogP contribution in [0.25, 0.3) is 0 Å². The Morgan fingerprint density at radius 1 is 0.897 bits per heavy atom. The van der Waals surface area contributed by atoms with Gasteiger partial charge in [0.25, 0.3) is 0 Å². The molecule has 2 fully saturated rings. The van der Waals surface area contributed by atoms with Crippen LogP contribution in [0.1, 0.15) is 155 Å². The highest BCUT2D eigenvalue weighted by atomic mass is 35.5. The van der Waals surface area contributed by atoms with E-state index in [4.69, 9.17) is 25.8 Å². The average molecular weight is 573 g/mol. The molecule has 5 nitrogen and oxygen atoms in total. The highest BCUT2D eigenvalue weighted by molar-refractivity contribution is 6.18. The molecule has 0 aromatic rings. The third-order valence-electron chi connectivity index (χ3n) is 8.97. The topological polar surface area (TPSA) is 65.0 Å². The largest absolute Gasteiger partial charge is 0.466 e. The van der Waals surface area contributed by atoms with Crippen molar-refractivity contribution in [3.63, 3.8) is 0 Å². The van der Waals surface area contributed by atoms with Crippen molar-refractivity contribution >= 4 is 17.6 Å². The molecule has 1 saturated carbocycles. The summed E-state index contributed by atoms with van der Waals surface area (Å²) in [5.74, 6) is 0.864. The van der Waals surface area contributed by atoms with Gasteiger partial charge in [0.1, 0.15) is 0 Å². The van der Waals surface area contributed by atoms with E-state index in [-0.39, 0.29) is 18.2 Å². The van der Waals surface area contributed by atoms with Crippen molar-refractivity contribution in [2.45, 2.75) is 173 Å². The van der Waals surface area contributed by atoms with Crippen molar-refractivity contribution in [3.8, 4) is 0 Å². The van der Waals surface area contributed by atoms with Crippen LogP contribution >= 0.6 is 11.6 Å². The van der Waals surface area contributed by atoms with E-state index in [9.17, 15) is 9.90 Å². The van der Waals surface area contributed by atoms with Gasteiger partial charge in [-0.05, 0) is 50.9 Å². The minimum absolute atomic E-state index is 0.00985. The van der Waals surface area contributed by atoms with Gasteiger partial charge in [-0.25, -0.2) is 0 Å². The standard InChI is InChI=1S/C33H61ClO5/c1-3-5-7-8-9-10-13-17-25-37-32(36)20-16-12-11-15-19-31-28(21-22-29(35)18-14-6-4-2)23-24-33(31)38-27-30(26-34)39-33/h28-31,35H,3-27H2,1-2H3/t28-,29-,30?,31+,33?/m0/s1. The fourth-order valence-electron chi connectivity index (χ4n) is 6.58. The van der Waals surface area contributed by atoms with Gasteiger partial charge in [-0.1, -0.05) is 97.3 Å². The van der Waals surface area contributed by atoms with Crippen LogP contribution in [0.3, 0.4) is 0 Å². The first-order chi connectivity index (χ1) is 19.0. The number of hydrogen-bond acceptors (Lipinski definition) is 5. The second kappa shape index (κ2) is 21.4. The molecule has 5 atom stereocenters. The molecule has 0 aromatic heterocycles. The van der Waals surface area contributed by atoms with Gasteiger partial charge in [0.15, 0.2) is 5.79 Å². The Balaban J connectivity index is 1.61. The van der Waals surface area contributed by atoms with Crippen LogP contribution in [0.15, 0.2) is 0 Å². The van der Waals surface area contributed by atoms with Gasteiger partial charge in [0.2, 0.25) is 0 Å². The smallest absolute Gasteiger partial charge is 0.305 e. The van der Waals surface area contributed by atoms with Gasteiger partial charge < -0.3 is 19.3 Å². The molecule has 1 aliphatic carbocycles. The van der Waals surface area contributed by atoms with E-state index in [1.165, 1.54) is 57.8 Å². The average Bonchev–Trinajstić information content (AvgIpc) is 3.51. The Morgan fingerprint density at radius 2 is 1.56 bits per heavy atom. The molecule has 0 bridgehead atoms. The maximum atomic E-state index is 12.1. The molecular weight excluding hydrogens is 512 g/mol. The molecule has 1 spiro atoms. The number of ether oxygens (including phenoxy) is 3. The predicted octanol–water partition coefficient (Wildman–Crippen LogP) is 9.11. The predicted molar refractivity (Wildman–Crippen MR) is 161 cm³/mol. The zero-order valence-electron chi connectivity index (χ0n) is 25.4. The lowest BCUT2D eigenvalue weighted by Crippen LogP contribution is -2.37. The molecule has 2 rings (SSSR count). The molecule has 2 unspecified atom stereocenters. The lowest BCUT2D eigenvalue weighted by atomic mass is 9.84. The number of halogens is 1. The summed E-state index contributed by atoms with van der Waals surface area (Å²) in [7, 11) is 0. The summed E-state index contributed by atoms with van der Waals surface area (Å²) >= 11 is 6.10. The first-order valence-corrected chi connectivity index (χ1v) is 17.3. The molecule has 1 aliphatic heterocycles. The van der Waals surface area contributed by atoms with E-state index >= 15 is 0 Å². The summed E-state index contributed by atoms with van der Waals surface area (Å²) in [5.41, 5.74) is 0. The van der Waals surface area contributed by atoms with Gasteiger partial charge in [0, 0.05) is 18.8 Å². The summed E-state index contributed by atoms with van der Waals surface area (Å²) in [4.78, 5) is 12.1. The van der Waals surface area contributed by atoms with Crippen LogP contribution in [0.2, 0.25) is 0 Å². The minimum atomic E-state index is -0.475. The van der Waals surface area contributed by atoms with Crippen LogP contribution < -0.4 is 0 Å². The van der Waals surface area contributed by atoms with Crippen LogP contribution in [0, 0.1) is 11.8 Å². The number of esters is 1. The minimum Gasteiger partial charge on any atom is -0.466 e. The lowest BCUT2D eigenvalue weighted by Gasteiger charge is -2.33. The van der Waals surface area contributed by atoms with Gasteiger partial charge in [-0.3, -0.25) is 4.79 Å². The summed E-state index contributed by atoms with van der Waals surface area (Å²) in [6.07, 6.45) is 24.1. The number of carbonyl (C=O) groups excluding carboxylic acids is 1. The Kier molecular flexibility index (Phi) is 19.1. The van der Waals surface area contributed by atoms with E-state index in [2.05, 4.69) is 13.8 Å². The first kappa shape index (κ1) is 34.8. The molecule has 0 amide bonds. The maximum absolute atomic E-state index is 12.1. The summed E-state index contributed by atoms with van der Waals surface area (Å²) in [6.45, 7) is 5.62. The van der Waals surface area contributed by atoms with E-state index in [0.29, 0.717) is 37.4 Å². The van der Waals surface area contributed by atoms with E-state index in [1.54, 1.807) is 0 Å². The molecule has 39 heavy (non-hydrogen) atoms. The zero-order valence-corrected chi connectivity index (χ0v) is 26.2. The fourth-order valence-corrected chi connectivity index (χ4v) is 6.73. The molecule has 1 saturated heterocycles. The summed E-state index contributed by atoms with van der Waals surface area (Å²) in [5, 5.41) is 10.5. The first-order valence-electron chi connectivity index (χ1n) is 16.8. The lowest BCUT2D eigenvalue weighted by molar-refractivity contribution is -0.196.